The molecule has 0 saturated heterocycles. The van der Waals surface area contributed by atoms with Gasteiger partial charge in [-0.05, 0) is 29.7 Å². The molecule has 0 aliphatic heterocycles. The van der Waals surface area contributed by atoms with E-state index in [0.29, 0.717) is 13.0 Å². The molecular weight excluding hydrogens is 286 g/mol. The average Bonchev–Trinajstić information content (AvgIpc) is 2.52. The standard InChI is InChI=1S/C15H13N3O4/c19-17(20)14-5-1-12(2-6-14)9-10-16-11-13-3-7-15(8-4-13)18(21)22/h1-8,11H,9-10H2/b16-11-. The van der Waals surface area contributed by atoms with Crippen molar-refractivity contribution in [1.82, 2.24) is 0 Å². The lowest BCUT2D eigenvalue weighted by molar-refractivity contribution is -0.385. The molecular formula is C15H13N3O4. The number of non-ortho nitro benzene ring substituents is 2. The molecule has 2 aromatic rings. The first kappa shape index (κ1) is 15.3. The summed E-state index contributed by atoms with van der Waals surface area (Å²) in [6.07, 6.45) is 2.32. The van der Waals surface area contributed by atoms with Gasteiger partial charge in [-0.15, -0.1) is 0 Å². The topological polar surface area (TPSA) is 98.6 Å². The molecule has 2 aromatic carbocycles. The van der Waals surface area contributed by atoms with Crippen LogP contribution in [0.3, 0.4) is 0 Å². The maximum absolute atomic E-state index is 10.5. The number of nitro groups is 2. The summed E-state index contributed by atoms with van der Waals surface area (Å²) in [4.78, 5) is 24.4. The predicted molar refractivity (Wildman–Crippen MR) is 82.4 cm³/mol. The van der Waals surface area contributed by atoms with Crippen LogP contribution in [0.1, 0.15) is 11.1 Å². The third-order valence-electron chi connectivity index (χ3n) is 3.02. The fourth-order valence-corrected chi connectivity index (χ4v) is 1.83. The molecule has 22 heavy (non-hydrogen) atoms. The van der Waals surface area contributed by atoms with Crippen LogP contribution in [0.15, 0.2) is 53.5 Å². The van der Waals surface area contributed by atoms with Crippen LogP contribution in [0, 0.1) is 20.2 Å². The molecule has 0 aromatic heterocycles. The van der Waals surface area contributed by atoms with Crippen molar-refractivity contribution in [3.05, 3.63) is 79.9 Å². The van der Waals surface area contributed by atoms with Gasteiger partial charge in [0, 0.05) is 37.0 Å². The van der Waals surface area contributed by atoms with E-state index >= 15 is 0 Å². The molecule has 0 aliphatic carbocycles. The van der Waals surface area contributed by atoms with Gasteiger partial charge < -0.3 is 0 Å². The van der Waals surface area contributed by atoms with Crippen molar-refractivity contribution in [1.29, 1.82) is 0 Å². The highest BCUT2D eigenvalue weighted by molar-refractivity contribution is 5.79. The molecule has 0 bridgehead atoms. The van der Waals surface area contributed by atoms with Gasteiger partial charge in [0.1, 0.15) is 0 Å². The van der Waals surface area contributed by atoms with E-state index in [4.69, 9.17) is 0 Å². The second kappa shape index (κ2) is 7.07. The van der Waals surface area contributed by atoms with Gasteiger partial charge in [0.05, 0.1) is 9.85 Å². The Morgan fingerprint density at radius 3 is 1.86 bits per heavy atom. The zero-order chi connectivity index (χ0) is 15.9. The molecule has 2 rings (SSSR count). The Bertz CT molecular complexity index is 694. The molecule has 0 heterocycles. The number of nitro benzene ring substituents is 2. The molecule has 112 valence electrons. The van der Waals surface area contributed by atoms with E-state index < -0.39 is 9.85 Å². The molecule has 0 unspecified atom stereocenters. The van der Waals surface area contributed by atoms with Crippen LogP contribution >= 0.6 is 0 Å². The third kappa shape index (κ3) is 4.20. The van der Waals surface area contributed by atoms with Gasteiger partial charge in [-0.2, -0.15) is 0 Å². The van der Waals surface area contributed by atoms with E-state index in [0.717, 1.165) is 11.1 Å². The Balaban J connectivity index is 1.87. The minimum Gasteiger partial charge on any atom is -0.292 e. The normalized spacial score (nSPS) is 10.7. The molecule has 0 aliphatic rings. The van der Waals surface area contributed by atoms with E-state index in [1.165, 1.54) is 24.3 Å². The first-order valence-electron chi connectivity index (χ1n) is 6.54. The van der Waals surface area contributed by atoms with Crippen LogP contribution < -0.4 is 0 Å². The summed E-state index contributed by atoms with van der Waals surface area (Å²) in [7, 11) is 0. The highest BCUT2D eigenvalue weighted by atomic mass is 16.6. The zero-order valence-corrected chi connectivity index (χ0v) is 11.6. The lowest BCUT2D eigenvalue weighted by atomic mass is 10.1. The van der Waals surface area contributed by atoms with Crippen molar-refractivity contribution >= 4 is 17.6 Å². The monoisotopic (exact) mass is 299 g/mol. The zero-order valence-electron chi connectivity index (χ0n) is 11.6. The summed E-state index contributed by atoms with van der Waals surface area (Å²) >= 11 is 0. The lowest BCUT2D eigenvalue weighted by Gasteiger charge is -1.98. The van der Waals surface area contributed by atoms with Gasteiger partial charge in [0.15, 0.2) is 0 Å². The fraction of sp³-hybridized carbons (Fsp3) is 0.133. The van der Waals surface area contributed by atoms with Crippen LogP contribution in [0.25, 0.3) is 0 Å². The van der Waals surface area contributed by atoms with E-state index in [-0.39, 0.29) is 11.4 Å². The second-order valence-corrected chi connectivity index (χ2v) is 4.56. The molecule has 0 atom stereocenters. The number of rotatable bonds is 6. The molecule has 0 radical (unpaired) electrons. The van der Waals surface area contributed by atoms with E-state index in [1.54, 1.807) is 30.5 Å². The molecule has 0 N–H and O–H groups in total. The first-order chi connectivity index (χ1) is 10.6. The first-order valence-corrected chi connectivity index (χ1v) is 6.54. The molecule has 0 spiro atoms. The number of benzene rings is 2. The summed E-state index contributed by atoms with van der Waals surface area (Å²) in [5, 5.41) is 21.1. The summed E-state index contributed by atoms with van der Waals surface area (Å²) < 4.78 is 0. The van der Waals surface area contributed by atoms with Gasteiger partial charge in [-0.3, -0.25) is 25.2 Å². The second-order valence-electron chi connectivity index (χ2n) is 4.56. The van der Waals surface area contributed by atoms with Crippen LogP contribution in [0.4, 0.5) is 11.4 Å². The molecule has 0 amide bonds. The Labute approximate surface area is 126 Å². The van der Waals surface area contributed by atoms with Gasteiger partial charge in [-0.25, -0.2) is 0 Å². The Hall–Kier alpha value is -3.09. The lowest BCUT2D eigenvalue weighted by Crippen LogP contribution is -1.93. The van der Waals surface area contributed by atoms with Gasteiger partial charge in [0.2, 0.25) is 0 Å². The molecule has 0 saturated carbocycles. The van der Waals surface area contributed by atoms with Gasteiger partial charge in [-0.1, -0.05) is 12.1 Å². The number of aliphatic imine (C=N–C) groups is 1. The van der Waals surface area contributed by atoms with E-state index in [1.807, 2.05) is 0 Å². The minimum absolute atomic E-state index is 0.0445. The maximum atomic E-state index is 10.5. The van der Waals surface area contributed by atoms with Crippen molar-refractivity contribution < 1.29 is 9.85 Å². The number of nitrogens with zero attached hydrogens (tertiary/aromatic N) is 3. The predicted octanol–water partition coefficient (Wildman–Crippen LogP) is 3.16. The number of hydrogen-bond donors (Lipinski definition) is 0. The Morgan fingerprint density at radius 2 is 1.36 bits per heavy atom. The molecule has 0 fully saturated rings. The van der Waals surface area contributed by atoms with E-state index in [2.05, 4.69) is 4.99 Å². The smallest absolute Gasteiger partial charge is 0.269 e. The number of hydrogen-bond acceptors (Lipinski definition) is 5. The SMILES string of the molecule is O=[N+]([O-])c1ccc(/C=N\CCc2ccc([N+](=O)[O-])cc2)cc1. The molecule has 7 nitrogen and oxygen atoms in total. The summed E-state index contributed by atoms with van der Waals surface area (Å²) in [5.41, 5.74) is 1.86. The van der Waals surface area contributed by atoms with Gasteiger partial charge in [0.25, 0.3) is 11.4 Å². The minimum atomic E-state index is -0.449. The third-order valence-corrected chi connectivity index (χ3v) is 3.02. The van der Waals surface area contributed by atoms with Crippen molar-refractivity contribution in [2.75, 3.05) is 6.54 Å². The molecule has 7 heteroatoms. The quantitative estimate of drug-likeness (QED) is 0.464. The van der Waals surface area contributed by atoms with E-state index in [9.17, 15) is 20.2 Å². The van der Waals surface area contributed by atoms with Crippen LogP contribution in [-0.2, 0) is 6.42 Å². The average molecular weight is 299 g/mol. The van der Waals surface area contributed by atoms with Crippen LogP contribution in [0.5, 0.6) is 0 Å². The van der Waals surface area contributed by atoms with Crippen LogP contribution in [0.2, 0.25) is 0 Å². The fourth-order valence-electron chi connectivity index (χ4n) is 1.83. The van der Waals surface area contributed by atoms with Gasteiger partial charge >= 0.3 is 0 Å². The highest BCUT2D eigenvalue weighted by Gasteiger charge is 2.04. The van der Waals surface area contributed by atoms with Crippen molar-refractivity contribution in [2.45, 2.75) is 6.42 Å². The summed E-state index contributed by atoms with van der Waals surface area (Å²) in [6, 6.07) is 12.5. The van der Waals surface area contributed by atoms with Crippen molar-refractivity contribution in [2.24, 2.45) is 4.99 Å². The largest absolute Gasteiger partial charge is 0.292 e. The maximum Gasteiger partial charge on any atom is 0.269 e. The summed E-state index contributed by atoms with van der Waals surface area (Å²) in [5.74, 6) is 0. The van der Waals surface area contributed by atoms with Crippen molar-refractivity contribution in [3.63, 3.8) is 0 Å². The van der Waals surface area contributed by atoms with Crippen LogP contribution in [-0.4, -0.2) is 22.6 Å². The Morgan fingerprint density at radius 1 is 0.864 bits per heavy atom. The Kier molecular flexibility index (Phi) is 4.92. The summed E-state index contributed by atoms with van der Waals surface area (Å²) in [6.45, 7) is 0.537. The highest BCUT2D eigenvalue weighted by Crippen LogP contribution is 2.13. The van der Waals surface area contributed by atoms with Crippen molar-refractivity contribution in [3.8, 4) is 0 Å².